The van der Waals surface area contributed by atoms with Crippen LogP contribution >= 0.6 is 23.2 Å². The fraction of sp³-hybridized carbons (Fsp3) is 0.217. The van der Waals surface area contributed by atoms with Crippen LogP contribution in [-0.2, 0) is 17.8 Å². The lowest BCUT2D eigenvalue weighted by Gasteiger charge is -2.10. The van der Waals surface area contributed by atoms with Crippen LogP contribution in [0.2, 0.25) is 10.0 Å². The van der Waals surface area contributed by atoms with E-state index in [1.807, 2.05) is 61.1 Å². The molecular weight excluding hydrogens is 419 g/mol. The summed E-state index contributed by atoms with van der Waals surface area (Å²) in [7, 11) is 0. The molecule has 0 fully saturated rings. The minimum absolute atomic E-state index is 0.0400. The number of fused-ring (bicyclic) bond motifs is 1. The summed E-state index contributed by atoms with van der Waals surface area (Å²) in [6, 6.07) is 13.5. The number of aromatic nitrogens is 3. The van der Waals surface area contributed by atoms with E-state index < -0.39 is 0 Å². The van der Waals surface area contributed by atoms with E-state index in [0.717, 1.165) is 39.1 Å². The van der Waals surface area contributed by atoms with E-state index in [4.69, 9.17) is 23.2 Å². The van der Waals surface area contributed by atoms with Gasteiger partial charge in [-0.1, -0.05) is 47.5 Å². The number of nitrogens with zero attached hydrogens (tertiary/aromatic N) is 2. The predicted molar refractivity (Wildman–Crippen MR) is 123 cm³/mol. The molecule has 0 bridgehead atoms. The lowest BCUT2D eigenvalue weighted by atomic mass is 10.1. The van der Waals surface area contributed by atoms with Crippen LogP contribution in [0.5, 0.6) is 0 Å². The first-order valence-corrected chi connectivity index (χ1v) is 10.5. The Morgan fingerprint density at radius 3 is 2.60 bits per heavy atom. The van der Waals surface area contributed by atoms with Crippen LogP contribution < -0.4 is 5.32 Å². The molecule has 2 heterocycles. The summed E-state index contributed by atoms with van der Waals surface area (Å²) in [6.45, 7) is 4.25. The number of carbonyl (C=O) groups is 1. The number of rotatable bonds is 6. The van der Waals surface area contributed by atoms with E-state index in [2.05, 4.69) is 21.5 Å². The second kappa shape index (κ2) is 8.54. The minimum atomic E-state index is -0.0400. The van der Waals surface area contributed by atoms with Crippen molar-refractivity contribution in [2.75, 3.05) is 5.32 Å². The summed E-state index contributed by atoms with van der Waals surface area (Å²) in [5.74, 6) is -0.0400. The van der Waals surface area contributed by atoms with E-state index >= 15 is 0 Å². The number of hydrogen-bond donors (Lipinski definition) is 2. The minimum Gasteiger partial charge on any atom is -0.361 e. The topological polar surface area (TPSA) is 62.7 Å². The third-order valence-corrected chi connectivity index (χ3v) is 6.02. The summed E-state index contributed by atoms with van der Waals surface area (Å²) in [5.41, 5.74) is 5.39. The first-order chi connectivity index (χ1) is 14.4. The van der Waals surface area contributed by atoms with Gasteiger partial charge in [0.2, 0.25) is 5.91 Å². The second-order valence-corrected chi connectivity index (χ2v) is 8.13. The van der Waals surface area contributed by atoms with Crippen molar-refractivity contribution in [1.82, 2.24) is 14.8 Å². The second-order valence-electron chi connectivity index (χ2n) is 7.31. The number of anilines is 1. The zero-order valence-electron chi connectivity index (χ0n) is 16.8. The van der Waals surface area contributed by atoms with Crippen molar-refractivity contribution >= 4 is 45.7 Å². The molecule has 0 spiro atoms. The molecule has 4 aromatic rings. The molecule has 5 nitrogen and oxygen atoms in total. The van der Waals surface area contributed by atoms with Gasteiger partial charge in [-0.05, 0) is 44.0 Å². The number of aromatic amines is 1. The Bertz CT molecular complexity index is 1210. The Hall–Kier alpha value is -2.76. The lowest BCUT2D eigenvalue weighted by Crippen LogP contribution is -2.14. The monoisotopic (exact) mass is 440 g/mol. The third kappa shape index (κ3) is 4.09. The first-order valence-electron chi connectivity index (χ1n) is 9.75. The number of halogens is 2. The van der Waals surface area contributed by atoms with Gasteiger partial charge in [0.05, 0.1) is 23.6 Å². The molecule has 0 aliphatic rings. The number of benzene rings is 2. The fourth-order valence-electron chi connectivity index (χ4n) is 3.65. The van der Waals surface area contributed by atoms with Gasteiger partial charge in [0, 0.05) is 39.1 Å². The molecule has 0 aliphatic heterocycles. The summed E-state index contributed by atoms with van der Waals surface area (Å²) in [6.07, 6.45) is 3.03. The van der Waals surface area contributed by atoms with Crippen molar-refractivity contribution in [3.63, 3.8) is 0 Å². The quantitative estimate of drug-likeness (QED) is 0.391. The van der Waals surface area contributed by atoms with Gasteiger partial charge in [-0.2, -0.15) is 5.10 Å². The summed E-state index contributed by atoms with van der Waals surface area (Å²) in [4.78, 5) is 15.9. The van der Waals surface area contributed by atoms with Crippen LogP contribution in [0, 0.1) is 13.8 Å². The van der Waals surface area contributed by atoms with Crippen molar-refractivity contribution in [1.29, 1.82) is 0 Å². The summed E-state index contributed by atoms with van der Waals surface area (Å²) < 4.78 is 1.82. The fourth-order valence-corrected chi connectivity index (χ4v) is 4.17. The van der Waals surface area contributed by atoms with Crippen molar-refractivity contribution in [2.45, 2.75) is 33.2 Å². The van der Waals surface area contributed by atoms with Crippen LogP contribution in [0.4, 0.5) is 5.69 Å². The molecule has 154 valence electrons. The molecule has 1 amide bonds. The molecule has 2 aromatic heterocycles. The number of nitrogens with one attached hydrogen (secondary N) is 2. The zero-order chi connectivity index (χ0) is 21.3. The van der Waals surface area contributed by atoms with Crippen LogP contribution in [0.15, 0.2) is 48.7 Å². The average Bonchev–Trinajstić information content (AvgIpc) is 3.25. The molecule has 2 aromatic carbocycles. The molecule has 4 rings (SSSR count). The number of para-hydroxylation sites is 1. The van der Waals surface area contributed by atoms with Gasteiger partial charge in [-0.25, -0.2) is 0 Å². The molecule has 2 N–H and O–H groups in total. The molecule has 30 heavy (non-hydrogen) atoms. The maximum Gasteiger partial charge on any atom is 0.224 e. The maximum atomic E-state index is 12.6. The number of H-pyrrole nitrogens is 1. The van der Waals surface area contributed by atoms with Gasteiger partial charge in [0.15, 0.2) is 0 Å². The standard InChI is InChI=1S/C23H22Cl2N4O/c1-14-23(15(2)29(28-14)13-18-19(24)7-5-8-20(18)25)27-22(30)11-10-16-12-26-21-9-4-3-6-17(16)21/h3-9,12,26H,10-11,13H2,1-2H3,(H,27,30). The van der Waals surface area contributed by atoms with E-state index in [-0.39, 0.29) is 5.91 Å². The van der Waals surface area contributed by atoms with Crippen molar-refractivity contribution < 1.29 is 4.79 Å². The maximum absolute atomic E-state index is 12.6. The summed E-state index contributed by atoms with van der Waals surface area (Å²) >= 11 is 12.6. The van der Waals surface area contributed by atoms with Crippen molar-refractivity contribution in [3.8, 4) is 0 Å². The number of amides is 1. The van der Waals surface area contributed by atoms with Gasteiger partial charge in [-0.3, -0.25) is 9.48 Å². The van der Waals surface area contributed by atoms with Crippen LogP contribution in [0.25, 0.3) is 10.9 Å². The molecule has 7 heteroatoms. The van der Waals surface area contributed by atoms with Crippen LogP contribution in [-0.4, -0.2) is 20.7 Å². The van der Waals surface area contributed by atoms with Crippen LogP contribution in [0.1, 0.15) is 28.9 Å². The SMILES string of the molecule is Cc1nn(Cc2c(Cl)cccc2Cl)c(C)c1NC(=O)CCc1c[nH]c2ccccc12. The largest absolute Gasteiger partial charge is 0.361 e. The highest BCUT2D eigenvalue weighted by Gasteiger charge is 2.16. The van der Waals surface area contributed by atoms with E-state index in [0.29, 0.717) is 29.4 Å². The lowest BCUT2D eigenvalue weighted by molar-refractivity contribution is -0.116. The van der Waals surface area contributed by atoms with Gasteiger partial charge < -0.3 is 10.3 Å². The van der Waals surface area contributed by atoms with Crippen LogP contribution in [0.3, 0.4) is 0 Å². The normalized spacial score (nSPS) is 11.2. The van der Waals surface area contributed by atoms with Crippen molar-refractivity contribution in [3.05, 3.63) is 81.2 Å². The molecule has 0 unspecified atom stereocenters. The Labute approximate surface area is 185 Å². The Morgan fingerprint density at radius 2 is 1.83 bits per heavy atom. The van der Waals surface area contributed by atoms with Gasteiger partial charge in [0.25, 0.3) is 0 Å². The molecule has 0 saturated carbocycles. The third-order valence-electron chi connectivity index (χ3n) is 5.31. The summed E-state index contributed by atoms with van der Waals surface area (Å²) in [5, 5.41) is 9.95. The van der Waals surface area contributed by atoms with Gasteiger partial charge in [-0.15, -0.1) is 0 Å². The molecule has 0 atom stereocenters. The number of hydrogen-bond acceptors (Lipinski definition) is 2. The molecule has 0 saturated heterocycles. The van der Waals surface area contributed by atoms with E-state index in [9.17, 15) is 4.79 Å². The van der Waals surface area contributed by atoms with E-state index in [1.54, 1.807) is 0 Å². The molecule has 0 radical (unpaired) electrons. The Morgan fingerprint density at radius 1 is 1.10 bits per heavy atom. The van der Waals surface area contributed by atoms with Gasteiger partial charge >= 0.3 is 0 Å². The smallest absolute Gasteiger partial charge is 0.224 e. The van der Waals surface area contributed by atoms with E-state index in [1.165, 1.54) is 0 Å². The highest BCUT2D eigenvalue weighted by molar-refractivity contribution is 6.36. The number of carbonyl (C=O) groups excluding carboxylic acids is 1. The Balaban J connectivity index is 1.46. The van der Waals surface area contributed by atoms with Gasteiger partial charge in [0.1, 0.15) is 0 Å². The molecule has 0 aliphatic carbocycles. The zero-order valence-corrected chi connectivity index (χ0v) is 18.3. The predicted octanol–water partition coefficient (Wildman–Crippen LogP) is 5.91. The Kier molecular flexibility index (Phi) is 5.84. The molecular formula is C23H22Cl2N4O. The average molecular weight is 441 g/mol. The number of aryl methyl sites for hydroxylation is 2. The highest BCUT2D eigenvalue weighted by Crippen LogP contribution is 2.27. The highest BCUT2D eigenvalue weighted by atomic mass is 35.5. The van der Waals surface area contributed by atoms with Crippen molar-refractivity contribution in [2.24, 2.45) is 0 Å². The first kappa shape index (κ1) is 20.5.